The first-order valence-electron chi connectivity index (χ1n) is 22.3. The van der Waals surface area contributed by atoms with Gasteiger partial charge in [0.25, 0.3) is 0 Å². The molecule has 0 aromatic rings. The molecule has 0 spiro atoms. The third-order valence-electron chi connectivity index (χ3n) is 10.2. The summed E-state index contributed by atoms with van der Waals surface area (Å²) in [6.45, 7) is 4.53. The van der Waals surface area contributed by atoms with Crippen LogP contribution in [0.25, 0.3) is 0 Å². The van der Waals surface area contributed by atoms with E-state index in [4.69, 9.17) is 9.84 Å². The molecule has 0 saturated heterocycles. The molecule has 0 bridgehead atoms. The first kappa shape index (κ1) is 48.4. The fraction of sp³-hybridized carbons (Fsp3) is 0.870. The maximum atomic E-state index is 12.7. The average molecular weight is 703 g/mol. The molecule has 0 aliphatic heterocycles. The van der Waals surface area contributed by atoms with Gasteiger partial charge in [0.05, 0.1) is 0 Å². The van der Waals surface area contributed by atoms with E-state index >= 15 is 0 Å². The largest absolute Gasteiger partial charge is 0.481 e. The summed E-state index contributed by atoms with van der Waals surface area (Å²) < 4.78 is 6.07. The van der Waals surface area contributed by atoms with E-state index in [0.717, 1.165) is 57.8 Å². The number of ether oxygens (including phenoxy) is 1. The van der Waals surface area contributed by atoms with Crippen molar-refractivity contribution < 1.29 is 19.4 Å². The molecule has 0 aliphatic rings. The van der Waals surface area contributed by atoms with Crippen LogP contribution in [0, 0.1) is 0 Å². The van der Waals surface area contributed by atoms with Gasteiger partial charge in [0.15, 0.2) is 0 Å². The van der Waals surface area contributed by atoms with Crippen molar-refractivity contribution in [2.75, 3.05) is 0 Å². The van der Waals surface area contributed by atoms with Crippen molar-refractivity contribution in [3.8, 4) is 0 Å². The third kappa shape index (κ3) is 40.8. The molecule has 0 heterocycles. The zero-order valence-corrected chi connectivity index (χ0v) is 33.7. The minimum atomic E-state index is -0.673. The van der Waals surface area contributed by atoms with Crippen LogP contribution in [0.4, 0.5) is 0 Å². The van der Waals surface area contributed by atoms with Gasteiger partial charge in [-0.3, -0.25) is 9.59 Å². The number of rotatable bonds is 41. The van der Waals surface area contributed by atoms with Gasteiger partial charge >= 0.3 is 11.9 Å². The number of unbranched alkanes of at least 4 members (excludes halogenated alkanes) is 28. The van der Waals surface area contributed by atoms with E-state index in [2.05, 4.69) is 38.2 Å². The first-order chi connectivity index (χ1) is 24.6. The van der Waals surface area contributed by atoms with Crippen molar-refractivity contribution in [2.24, 2.45) is 0 Å². The Morgan fingerprint density at radius 3 is 1.22 bits per heavy atom. The molecule has 0 fully saturated rings. The second-order valence-corrected chi connectivity index (χ2v) is 15.2. The van der Waals surface area contributed by atoms with Gasteiger partial charge < -0.3 is 9.84 Å². The van der Waals surface area contributed by atoms with Gasteiger partial charge in [-0.1, -0.05) is 192 Å². The number of carboxylic acid groups (broad SMARTS) is 1. The molecule has 294 valence electrons. The summed E-state index contributed by atoms with van der Waals surface area (Å²) in [6.07, 6.45) is 53.6. The number of carbonyl (C=O) groups excluding carboxylic acids is 1. The molecule has 0 rings (SSSR count). The van der Waals surface area contributed by atoms with Gasteiger partial charge in [0.2, 0.25) is 0 Å². The van der Waals surface area contributed by atoms with Crippen molar-refractivity contribution in [3.05, 3.63) is 24.3 Å². The zero-order chi connectivity index (χ0) is 36.4. The molecule has 50 heavy (non-hydrogen) atoms. The lowest BCUT2D eigenvalue weighted by molar-refractivity contribution is -0.150. The minimum absolute atomic E-state index is 0.0370. The summed E-state index contributed by atoms with van der Waals surface area (Å²) in [5.41, 5.74) is 0. The maximum absolute atomic E-state index is 12.7. The summed E-state index contributed by atoms with van der Waals surface area (Å²) in [5.74, 6) is -0.636. The van der Waals surface area contributed by atoms with Crippen LogP contribution in [-0.2, 0) is 14.3 Å². The Hall–Kier alpha value is -1.58. The molecule has 0 radical (unpaired) electrons. The summed E-state index contributed by atoms with van der Waals surface area (Å²) in [6, 6.07) is 0. The van der Waals surface area contributed by atoms with Crippen LogP contribution < -0.4 is 0 Å². The average Bonchev–Trinajstić information content (AvgIpc) is 3.10. The molecule has 1 N–H and O–H groups in total. The summed E-state index contributed by atoms with van der Waals surface area (Å²) in [4.78, 5) is 23.3. The van der Waals surface area contributed by atoms with E-state index in [9.17, 15) is 9.59 Å². The number of carboxylic acids is 1. The SMILES string of the molecule is CCCCC/C=C\C/C=C\CCCCCCCCCCCC(=O)OC(CCCCCCCCCC)CCCCCCCCCCCCC(=O)O. The number of hydrogen-bond donors (Lipinski definition) is 1. The van der Waals surface area contributed by atoms with E-state index in [-0.39, 0.29) is 12.1 Å². The van der Waals surface area contributed by atoms with E-state index < -0.39 is 5.97 Å². The van der Waals surface area contributed by atoms with Gasteiger partial charge in [0, 0.05) is 12.8 Å². The lowest BCUT2D eigenvalue weighted by Crippen LogP contribution is -2.18. The van der Waals surface area contributed by atoms with Gasteiger partial charge in [-0.25, -0.2) is 0 Å². The molecule has 0 aromatic heterocycles. The minimum Gasteiger partial charge on any atom is -0.481 e. The quantitative estimate of drug-likeness (QED) is 0.0391. The Bertz CT molecular complexity index is 757. The van der Waals surface area contributed by atoms with Crippen molar-refractivity contribution in [2.45, 2.75) is 258 Å². The number of hydrogen-bond acceptors (Lipinski definition) is 3. The van der Waals surface area contributed by atoms with Crippen LogP contribution in [-0.4, -0.2) is 23.1 Å². The van der Waals surface area contributed by atoms with Crippen LogP contribution in [0.5, 0.6) is 0 Å². The highest BCUT2D eigenvalue weighted by molar-refractivity contribution is 5.69. The highest BCUT2D eigenvalue weighted by Gasteiger charge is 2.14. The topological polar surface area (TPSA) is 63.6 Å². The maximum Gasteiger partial charge on any atom is 0.306 e. The fourth-order valence-corrected chi connectivity index (χ4v) is 6.86. The second-order valence-electron chi connectivity index (χ2n) is 15.2. The lowest BCUT2D eigenvalue weighted by atomic mass is 10.0. The van der Waals surface area contributed by atoms with Crippen molar-refractivity contribution in [1.29, 1.82) is 0 Å². The normalized spacial score (nSPS) is 12.4. The Labute approximate surface area is 312 Å². The number of carbonyl (C=O) groups is 2. The number of esters is 1. The van der Waals surface area contributed by atoms with Crippen LogP contribution in [0.2, 0.25) is 0 Å². The molecular formula is C46H86O4. The summed E-state index contributed by atoms with van der Waals surface area (Å²) >= 11 is 0. The molecule has 0 amide bonds. The van der Waals surface area contributed by atoms with Gasteiger partial charge in [-0.05, 0) is 70.6 Å². The Balaban J connectivity index is 3.96. The Kier molecular flexibility index (Phi) is 40.5. The zero-order valence-electron chi connectivity index (χ0n) is 33.7. The van der Waals surface area contributed by atoms with Gasteiger partial charge in [0.1, 0.15) is 6.10 Å². The molecular weight excluding hydrogens is 617 g/mol. The molecule has 1 unspecified atom stereocenters. The molecule has 1 atom stereocenters. The standard InChI is InChI=1S/C46H86O4/c1-3-5-7-9-11-13-14-15-16-17-18-19-20-21-22-27-31-35-39-43-46(49)50-44(40-36-32-28-12-10-8-6-4-2)41-37-33-29-25-23-24-26-30-34-38-42-45(47)48/h11,13,15-16,44H,3-10,12,14,17-43H2,1-2H3,(H,47,48)/b13-11-,16-15-. The van der Waals surface area contributed by atoms with Crippen molar-refractivity contribution in [1.82, 2.24) is 0 Å². The molecule has 0 aliphatic carbocycles. The fourth-order valence-electron chi connectivity index (χ4n) is 6.86. The highest BCUT2D eigenvalue weighted by Crippen LogP contribution is 2.19. The predicted octanol–water partition coefficient (Wildman–Crippen LogP) is 15.6. The van der Waals surface area contributed by atoms with Crippen LogP contribution >= 0.6 is 0 Å². The Morgan fingerprint density at radius 1 is 0.440 bits per heavy atom. The van der Waals surface area contributed by atoms with Crippen LogP contribution in [0.1, 0.15) is 251 Å². The van der Waals surface area contributed by atoms with E-state index in [1.165, 1.54) is 167 Å². The van der Waals surface area contributed by atoms with E-state index in [1.54, 1.807) is 0 Å². The predicted molar refractivity (Wildman–Crippen MR) is 218 cm³/mol. The smallest absolute Gasteiger partial charge is 0.306 e. The second kappa shape index (κ2) is 41.8. The van der Waals surface area contributed by atoms with Crippen LogP contribution in [0.3, 0.4) is 0 Å². The monoisotopic (exact) mass is 703 g/mol. The van der Waals surface area contributed by atoms with Gasteiger partial charge in [-0.2, -0.15) is 0 Å². The molecule has 0 saturated carbocycles. The van der Waals surface area contributed by atoms with Crippen molar-refractivity contribution in [3.63, 3.8) is 0 Å². The van der Waals surface area contributed by atoms with Crippen LogP contribution in [0.15, 0.2) is 24.3 Å². The van der Waals surface area contributed by atoms with E-state index in [0.29, 0.717) is 12.8 Å². The third-order valence-corrected chi connectivity index (χ3v) is 10.2. The van der Waals surface area contributed by atoms with Crippen molar-refractivity contribution >= 4 is 11.9 Å². The first-order valence-corrected chi connectivity index (χ1v) is 22.3. The summed E-state index contributed by atoms with van der Waals surface area (Å²) in [7, 11) is 0. The molecule has 4 nitrogen and oxygen atoms in total. The number of aliphatic carboxylic acids is 1. The molecule has 0 aromatic carbocycles. The Morgan fingerprint density at radius 2 is 0.780 bits per heavy atom. The molecule has 4 heteroatoms. The summed E-state index contributed by atoms with van der Waals surface area (Å²) in [5, 5.41) is 8.73. The number of allylic oxidation sites excluding steroid dienone is 4. The highest BCUT2D eigenvalue weighted by atomic mass is 16.5. The lowest BCUT2D eigenvalue weighted by Gasteiger charge is -2.18. The van der Waals surface area contributed by atoms with Gasteiger partial charge in [-0.15, -0.1) is 0 Å². The van der Waals surface area contributed by atoms with E-state index in [1.807, 2.05) is 0 Å².